The molecule has 1 aliphatic rings. The van der Waals surface area contributed by atoms with Gasteiger partial charge in [0.15, 0.2) is 0 Å². The average molecular weight is 492 g/mol. The van der Waals surface area contributed by atoms with Gasteiger partial charge in [0, 0.05) is 16.4 Å². The van der Waals surface area contributed by atoms with Crippen LogP contribution in [0.4, 0.5) is 15.8 Å². The molecular formula is C26H19ClFN3O2S. The highest BCUT2D eigenvalue weighted by molar-refractivity contribution is 8.05. The number of hydrogen-bond donors (Lipinski definition) is 1. The third kappa shape index (κ3) is 5.14. The van der Waals surface area contributed by atoms with Crippen molar-refractivity contribution in [3.8, 4) is 6.07 Å². The summed E-state index contributed by atoms with van der Waals surface area (Å²) in [4.78, 5) is 27.8. The van der Waals surface area contributed by atoms with Gasteiger partial charge in [-0.25, -0.2) is 4.39 Å². The largest absolute Gasteiger partial charge is 0.321 e. The van der Waals surface area contributed by atoms with Gasteiger partial charge < -0.3 is 5.32 Å². The van der Waals surface area contributed by atoms with Crippen LogP contribution in [0.3, 0.4) is 0 Å². The van der Waals surface area contributed by atoms with E-state index in [4.69, 9.17) is 11.6 Å². The summed E-state index contributed by atoms with van der Waals surface area (Å²) in [5.74, 6) is -1.39. The molecule has 0 aliphatic carbocycles. The van der Waals surface area contributed by atoms with E-state index in [1.165, 1.54) is 29.2 Å². The molecular weight excluding hydrogens is 473 g/mol. The highest BCUT2D eigenvalue weighted by atomic mass is 35.5. The van der Waals surface area contributed by atoms with Crippen LogP contribution in [0.15, 0.2) is 83.4 Å². The Hall–Kier alpha value is -3.60. The summed E-state index contributed by atoms with van der Waals surface area (Å²) in [5.41, 5.74) is 2.58. The van der Waals surface area contributed by atoms with E-state index in [0.717, 1.165) is 22.9 Å². The monoisotopic (exact) mass is 491 g/mol. The fourth-order valence-electron chi connectivity index (χ4n) is 3.52. The molecule has 0 spiro atoms. The van der Waals surface area contributed by atoms with E-state index in [2.05, 4.69) is 5.32 Å². The summed E-state index contributed by atoms with van der Waals surface area (Å²) in [5, 5.41) is 12.8. The van der Waals surface area contributed by atoms with E-state index < -0.39 is 17.0 Å². The maximum Gasteiger partial charge on any atom is 0.269 e. The Bertz CT molecular complexity index is 1320. The zero-order valence-corrected chi connectivity index (χ0v) is 19.7. The first kappa shape index (κ1) is 23.6. The molecule has 1 fully saturated rings. The molecule has 1 unspecified atom stereocenters. The fraction of sp³-hybridized carbons (Fsp3) is 0.115. The Morgan fingerprint density at radius 1 is 1.15 bits per heavy atom. The van der Waals surface area contributed by atoms with E-state index in [-0.39, 0.29) is 16.5 Å². The van der Waals surface area contributed by atoms with Crippen LogP contribution >= 0.6 is 23.4 Å². The number of carbonyl (C=O) groups is 2. The second-order valence-electron chi connectivity index (χ2n) is 7.70. The molecule has 8 heteroatoms. The van der Waals surface area contributed by atoms with E-state index in [1.54, 1.807) is 30.3 Å². The smallest absolute Gasteiger partial charge is 0.269 e. The molecule has 0 aromatic heterocycles. The number of aryl methyl sites for hydroxylation is 1. The van der Waals surface area contributed by atoms with Crippen molar-refractivity contribution in [1.82, 2.24) is 0 Å². The Morgan fingerprint density at radius 2 is 1.85 bits per heavy atom. The van der Waals surface area contributed by atoms with Crippen molar-refractivity contribution in [3.63, 3.8) is 0 Å². The van der Waals surface area contributed by atoms with Crippen molar-refractivity contribution in [2.24, 2.45) is 0 Å². The number of amides is 2. The van der Waals surface area contributed by atoms with Crippen LogP contribution in [0.1, 0.15) is 11.1 Å². The van der Waals surface area contributed by atoms with Crippen LogP contribution in [-0.2, 0) is 16.0 Å². The summed E-state index contributed by atoms with van der Waals surface area (Å²) in [7, 11) is 0. The summed E-state index contributed by atoms with van der Waals surface area (Å²) in [6, 6.07) is 21.6. The van der Waals surface area contributed by atoms with Gasteiger partial charge in [0.1, 0.15) is 22.5 Å². The number of carbonyl (C=O) groups excluding carboxylic acids is 2. The van der Waals surface area contributed by atoms with Gasteiger partial charge in [-0.05, 0) is 67.4 Å². The summed E-state index contributed by atoms with van der Waals surface area (Å²) in [6.07, 6.45) is 0.351. The van der Waals surface area contributed by atoms with Crippen LogP contribution in [0.5, 0.6) is 0 Å². The topological polar surface area (TPSA) is 73.2 Å². The van der Waals surface area contributed by atoms with Crippen LogP contribution in [0.2, 0.25) is 5.02 Å². The van der Waals surface area contributed by atoms with Gasteiger partial charge in [-0.1, -0.05) is 53.2 Å². The second-order valence-corrected chi connectivity index (χ2v) is 9.33. The lowest BCUT2D eigenvalue weighted by atomic mass is 10.1. The molecule has 4 rings (SSSR count). The zero-order chi connectivity index (χ0) is 24.2. The highest BCUT2D eigenvalue weighted by Crippen LogP contribution is 2.42. The maximum absolute atomic E-state index is 13.5. The van der Waals surface area contributed by atoms with Gasteiger partial charge in [0.2, 0.25) is 5.91 Å². The third-order valence-corrected chi connectivity index (χ3v) is 6.71. The first-order valence-electron chi connectivity index (χ1n) is 10.4. The van der Waals surface area contributed by atoms with Crippen LogP contribution in [0.25, 0.3) is 0 Å². The Kier molecular flexibility index (Phi) is 7.01. The van der Waals surface area contributed by atoms with Gasteiger partial charge in [-0.15, -0.1) is 0 Å². The lowest BCUT2D eigenvalue weighted by Gasteiger charge is -2.18. The number of halogens is 2. The van der Waals surface area contributed by atoms with Gasteiger partial charge in [0.25, 0.3) is 5.91 Å². The molecule has 34 heavy (non-hydrogen) atoms. The molecule has 3 aromatic carbocycles. The van der Waals surface area contributed by atoms with E-state index in [9.17, 15) is 19.2 Å². The molecule has 0 bridgehead atoms. The van der Waals surface area contributed by atoms with Crippen molar-refractivity contribution in [1.29, 1.82) is 5.26 Å². The lowest BCUT2D eigenvalue weighted by molar-refractivity contribution is -0.117. The molecule has 5 nitrogen and oxygen atoms in total. The quantitative estimate of drug-likeness (QED) is 0.359. The number of nitriles is 1. The standard InChI is InChI=1S/C26H19ClFN3O2S/c1-16-5-9-20(10-6-16)30-24(32)22(15-29)26-31(21-11-7-19(28)8-12-21)25(33)23(34-26)14-17-3-2-4-18(27)13-17/h2-13,23H,14H2,1H3,(H,30,32)/b26-22-. The fourth-order valence-corrected chi connectivity index (χ4v) is 5.04. The molecule has 1 saturated heterocycles. The highest BCUT2D eigenvalue weighted by Gasteiger charge is 2.40. The predicted molar refractivity (Wildman–Crippen MR) is 133 cm³/mol. The van der Waals surface area contributed by atoms with Crippen molar-refractivity contribution in [2.75, 3.05) is 10.2 Å². The minimum absolute atomic E-state index is 0.197. The van der Waals surface area contributed by atoms with Crippen molar-refractivity contribution in [2.45, 2.75) is 18.6 Å². The number of hydrogen-bond acceptors (Lipinski definition) is 4. The Morgan fingerprint density at radius 3 is 2.50 bits per heavy atom. The molecule has 1 aliphatic heterocycles. The van der Waals surface area contributed by atoms with Crippen molar-refractivity contribution in [3.05, 3.63) is 105 Å². The number of anilines is 2. The molecule has 170 valence electrons. The molecule has 1 N–H and O–H groups in total. The zero-order valence-electron chi connectivity index (χ0n) is 18.1. The van der Waals surface area contributed by atoms with E-state index in [1.807, 2.05) is 31.2 Å². The first-order valence-corrected chi connectivity index (χ1v) is 11.6. The van der Waals surface area contributed by atoms with Crippen molar-refractivity contribution >= 4 is 46.6 Å². The summed E-state index contributed by atoms with van der Waals surface area (Å²) < 4.78 is 13.5. The number of nitrogens with one attached hydrogen (secondary N) is 1. The van der Waals surface area contributed by atoms with Gasteiger partial charge in [-0.2, -0.15) is 5.26 Å². The third-order valence-electron chi connectivity index (χ3n) is 5.21. The van der Waals surface area contributed by atoms with E-state index >= 15 is 0 Å². The van der Waals surface area contributed by atoms with Gasteiger partial charge >= 0.3 is 0 Å². The molecule has 1 heterocycles. The molecule has 2 amide bonds. The summed E-state index contributed by atoms with van der Waals surface area (Å²) >= 11 is 7.23. The maximum atomic E-state index is 13.5. The first-order chi connectivity index (χ1) is 16.4. The Balaban J connectivity index is 1.72. The van der Waals surface area contributed by atoms with Gasteiger partial charge in [-0.3, -0.25) is 14.5 Å². The van der Waals surface area contributed by atoms with Crippen molar-refractivity contribution < 1.29 is 14.0 Å². The Labute approximate surface area is 205 Å². The molecule has 0 radical (unpaired) electrons. The number of nitrogens with zero attached hydrogens (tertiary/aromatic N) is 2. The molecule has 3 aromatic rings. The second kappa shape index (κ2) is 10.1. The summed E-state index contributed by atoms with van der Waals surface area (Å²) in [6.45, 7) is 1.93. The minimum Gasteiger partial charge on any atom is -0.321 e. The predicted octanol–water partition coefficient (Wildman–Crippen LogP) is 5.85. The molecule has 0 saturated carbocycles. The van der Waals surface area contributed by atoms with Crippen LogP contribution in [0, 0.1) is 24.1 Å². The number of rotatable bonds is 5. The number of benzene rings is 3. The van der Waals surface area contributed by atoms with Gasteiger partial charge in [0.05, 0.1) is 5.25 Å². The van der Waals surface area contributed by atoms with E-state index in [0.29, 0.717) is 22.8 Å². The lowest BCUT2D eigenvalue weighted by Crippen LogP contribution is -2.30. The van der Waals surface area contributed by atoms with Crippen LogP contribution in [-0.4, -0.2) is 17.1 Å². The molecule has 1 atom stereocenters. The average Bonchev–Trinajstić information content (AvgIpc) is 3.12. The minimum atomic E-state index is -0.628. The van der Waals surface area contributed by atoms with Crippen LogP contribution < -0.4 is 10.2 Å². The SMILES string of the molecule is Cc1ccc(NC(=O)/C(C#N)=C2\SC(Cc3cccc(Cl)c3)C(=O)N2c2ccc(F)cc2)cc1. The number of thioether (sulfide) groups is 1. The normalized spacial score (nSPS) is 16.8.